The van der Waals surface area contributed by atoms with Gasteiger partial charge in [0.25, 0.3) is 0 Å². The minimum Gasteiger partial charge on any atom is -0.365 e. The molecule has 2 rings (SSSR count). The molecule has 0 radical (unpaired) electrons. The molecule has 0 aliphatic carbocycles. The van der Waals surface area contributed by atoms with Crippen LogP contribution in [-0.4, -0.2) is 48.5 Å². The van der Waals surface area contributed by atoms with Gasteiger partial charge in [0.15, 0.2) is 5.17 Å². The number of hydrogen-bond acceptors (Lipinski definition) is 4. The van der Waals surface area contributed by atoms with Crippen LogP contribution in [0.1, 0.15) is 44.9 Å². The number of nitrogens with one attached hydrogen (secondary N) is 1. The third kappa shape index (κ3) is 5.61. The van der Waals surface area contributed by atoms with Gasteiger partial charge >= 0.3 is 0 Å². The topological polar surface area (TPSA) is 27.6 Å². The Morgan fingerprint density at radius 3 is 2.61 bits per heavy atom. The molecule has 0 spiro atoms. The Morgan fingerprint density at radius 1 is 1.06 bits per heavy atom. The fourth-order valence-electron chi connectivity index (χ4n) is 2.57. The van der Waals surface area contributed by atoms with Gasteiger partial charge in [0.2, 0.25) is 0 Å². The summed E-state index contributed by atoms with van der Waals surface area (Å²) >= 11 is 1.91. The molecule has 4 heteroatoms. The molecule has 0 saturated carbocycles. The van der Waals surface area contributed by atoms with Crippen molar-refractivity contribution in [1.29, 1.82) is 0 Å². The molecule has 1 N–H and O–H groups in total. The first-order chi connectivity index (χ1) is 8.95. The minimum atomic E-state index is 1.02. The van der Waals surface area contributed by atoms with Crippen molar-refractivity contribution in [2.45, 2.75) is 44.9 Å². The number of likely N-dealkylation sites (tertiary alicyclic amines) is 1. The van der Waals surface area contributed by atoms with E-state index in [1.54, 1.807) is 0 Å². The summed E-state index contributed by atoms with van der Waals surface area (Å²) in [6.07, 6.45) is 9.57. The van der Waals surface area contributed by atoms with Gasteiger partial charge in [-0.25, -0.2) is 0 Å². The van der Waals surface area contributed by atoms with Crippen LogP contribution < -0.4 is 5.32 Å². The first-order valence-electron chi connectivity index (χ1n) is 7.58. The number of amidine groups is 1. The summed E-state index contributed by atoms with van der Waals surface area (Å²) in [6.45, 7) is 6.10. The van der Waals surface area contributed by atoms with Crippen LogP contribution in [0.4, 0.5) is 0 Å². The summed E-state index contributed by atoms with van der Waals surface area (Å²) < 4.78 is 0. The van der Waals surface area contributed by atoms with Gasteiger partial charge in [-0.3, -0.25) is 4.99 Å². The number of nitrogens with zero attached hydrogens (tertiary/aromatic N) is 2. The highest BCUT2D eigenvalue weighted by atomic mass is 32.2. The molecule has 104 valence electrons. The van der Waals surface area contributed by atoms with Crippen LogP contribution in [0.15, 0.2) is 4.99 Å². The second-order valence-electron chi connectivity index (χ2n) is 5.28. The van der Waals surface area contributed by atoms with E-state index in [2.05, 4.69) is 15.2 Å². The van der Waals surface area contributed by atoms with Crippen LogP contribution in [0.5, 0.6) is 0 Å². The summed E-state index contributed by atoms with van der Waals surface area (Å²) in [7, 11) is 0. The summed E-state index contributed by atoms with van der Waals surface area (Å²) in [5.74, 6) is 1.22. The molecule has 0 atom stereocenters. The molecule has 18 heavy (non-hydrogen) atoms. The molecule has 0 amide bonds. The Hall–Kier alpha value is -0.220. The molecule has 3 nitrogen and oxygen atoms in total. The lowest BCUT2D eigenvalue weighted by molar-refractivity contribution is 0.281. The van der Waals surface area contributed by atoms with E-state index < -0.39 is 0 Å². The molecule has 2 aliphatic rings. The van der Waals surface area contributed by atoms with Crippen LogP contribution in [0.3, 0.4) is 0 Å². The molecule has 0 aromatic heterocycles. The molecular formula is C14H27N3S. The molecule has 0 unspecified atom stereocenters. The van der Waals surface area contributed by atoms with Crippen molar-refractivity contribution in [3.05, 3.63) is 0 Å². The van der Waals surface area contributed by atoms with Crippen molar-refractivity contribution in [3.63, 3.8) is 0 Å². The molecule has 0 aromatic carbocycles. The van der Waals surface area contributed by atoms with Gasteiger partial charge in [-0.1, -0.05) is 24.6 Å². The molecule has 2 aliphatic heterocycles. The summed E-state index contributed by atoms with van der Waals surface area (Å²) in [5.41, 5.74) is 0. The van der Waals surface area contributed by atoms with E-state index in [9.17, 15) is 0 Å². The quantitative estimate of drug-likeness (QED) is 0.778. The third-order valence-electron chi connectivity index (χ3n) is 3.67. The Balaban J connectivity index is 1.48. The second-order valence-corrected chi connectivity index (χ2v) is 6.36. The Bertz CT molecular complexity index is 247. The van der Waals surface area contributed by atoms with Gasteiger partial charge in [-0.15, -0.1) is 0 Å². The first kappa shape index (κ1) is 14.2. The zero-order valence-electron chi connectivity index (χ0n) is 11.5. The van der Waals surface area contributed by atoms with Crippen molar-refractivity contribution < 1.29 is 0 Å². The lowest BCUT2D eigenvalue weighted by atomic mass is 10.2. The van der Waals surface area contributed by atoms with Crippen LogP contribution in [0.25, 0.3) is 0 Å². The standard InChI is InChI=1S/C14H27N3S/c1-2-4-11-17(10-3-1)12-5-6-13-18-14-15-8-7-9-16-14/h1-13H2,(H,15,16). The summed E-state index contributed by atoms with van der Waals surface area (Å²) in [5, 5.41) is 4.55. The maximum Gasteiger partial charge on any atom is 0.156 e. The molecule has 0 aromatic rings. The summed E-state index contributed by atoms with van der Waals surface area (Å²) in [6, 6.07) is 0. The number of unbranched alkanes of at least 4 members (excludes halogenated alkanes) is 1. The average molecular weight is 269 g/mol. The van der Waals surface area contributed by atoms with Gasteiger partial charge in [0, 0.05) is 18.8 Å². The molecule has 0 bridgehead atoms. The highest BCUT2D eigenvalue weighted by molar-refractivity contribution is 8.13. The van der Waals surface area contributed by atoms with E-state index in [0.29, 0.717) is 0 Å². The Morgan fingerprint density at radius 2 is 1.89 bits per heavy atom. The maximum atomic E-state index is 4.49. The molecular weight excluding hydrogens is 242 g/mol. The molecule has 2 heterocycles. The van der Waals surface area contributed by atoms with Gasteiger partial charge in [0.1, 0.15) is 0 Å². The third-order valence-corrected chi connectivity index (χ3v) is 4.71. The lowest BCUT2D eigenvalue weighted by Crippen LogP contribution is -2.27. The first-order valence-corrected chi connectivity index (χ1v) is 8.57. The second kappa shape index (κ2) is 8.81. The predicted octanol–water partition coefficient (Wildman–Crippen LogP) is 2.73. The van der Waals surface area contributed by atoms with Gasteiger partial charge < -0.3 is 10.2 Å². The molecule has 1 fully saturated rings. The Kier molecular flexibility index (Phi) is 6.95. The Labute approximate surface area is 116 Å². The van der Waals surface area contributed by atoms with E-state index in [0.717, 1.165) is 13.1 Å². The van der Waals surface area contributed by atoms with Gasteiger partial charge in [0.05, 0.1) is 0 Å². The fourth-order valence-corrected chi connectivity index (χ4v) is 3.50. The van der Waals surface area contributed by atoms with Crippen molar-refractivity contribution >= 4 is 16.9 Å². The van der Waals surface area contributed by atoms with Gasteiger partial charge in [-0.2, -0.15) is 0 Å². The van der Waals surface area contributed by atoms with Crippen molar-refractivity contribution in [2.24, 2.45) is 4.99 Å². The van der Waals surface area contributed by atoms with Crippen molar-refractivity contribution in [3.8, 4) is 0 Å². The number of thioether (sulfide) groups is 1. The van der Waals surface area contributed by atoms with Crippen LogP contribution in [0, 0.1) is 0 Å². The SMILES string of the molecule is C1CCCN(CCCCSC2=NCCCN2)CC1. The maximum absolute atomic E-state index is 4.49. The predicted molar refractivity (Wildman–Crippen MR) is 81.5 cm³/mol. The molecule has 1 saturated heterocycles. The number of rotatable bonds is 5. The van der Waals surface area contributed by atoms with E-state index in [-0.39, 0.29) is 0 Å². The van der Waals surface area contributed by atoms with E-state index >= 15 is 0 Å². The van der Waals surface area contributed by atoms with Crippen LogP contribution in [-0.2, 0) is 0 Å². The normalized spacial score (nSPS) is 22.1. The monoisotopic (exact) mass is 269 g/mol. The number of aliphatic imine (C=N–C) groups is 1. The fraction of sp³-hybridized carbons (Fsp3) is 0.929. The number of hydrogen-bond donors (Lipinski definition) is 1. The highest BCUT2D eigenvalue weighted by Crippen LogP contribution is 2.12. The van der Waals surface area contributed by atoms with Gasteiger partial charge in [-0.05, 0) is 51.7 Å². The summed E-state index contributed by atoms with van der Waals surface area (Å²) in [4.78, 5) is 7.15. The van der Waals surface area contributed by atoms with Crippen LogP contribution in [0.2, 0.25) is 0 Å². The van der Waals surface area contributed by atoms with Crippen molar-refractivity contribution in [1.82, 2.24) is 10.2 Å². The van der Waals surface area contributed by atoms with E-state index in [4.69, 9.17) is 0 Å². The largest absolute Gasteiger partial charge is 0.365 e. The van der Waals surface area contributed by atoms with Crippen molar-refractivity contribution in [2.75, 3.05) is 38.5 Å². The van der Waals surface area contributed by atoms with Crippen LogP contribution >= 0.6 is 11.8 Å². The average Bonchev–Trinajstić information content (AvgIpc) is 2.68. The van der Waals surface area contributed by atoms with E-state index in [1.165, 1.54) is 75.5 Å². The smallest absolute Gasteiger partial charge is 0.156 e. The highest BCUT2D eigenvalue weighted by Gasteiger charge is 2.08. The zero-order valence-corrected chi connectivity index (χ0v) is 12.3. The zero-order chi connectivity index (χ0) is 12.5. The minimum absolute atomic E-state index is 1.02. The lowest BCUT2D eigenvalue weighted by Gasteiger charge is -2.19. The van der Waals surface area contributed by atoms with E-state index in [1.807, 2.05) is 11.8 Å².